The monoisotopic (exact) mass is 248 g/mol. The highest BCUT2D eigenvalue weighted by atomic mass is 16.4. The number of amides is 1. The maximum atomic E-state index is 11.8. The molecule has 0 spiro atoms. The van der Waals surface area contributed by atoms with Crippen LogP contribution in [0.2, 0.25) is 0 Å². The fourth-order valence-corrected chi connectivity index (χ4v) is 2.23. The van der Waals surface area contributed by atoms with E-state index in [9.17, 15) is 9.59 Å². The Balaban J connectivity index is 1.95. The van der Waals surface area contributed by atoms with E-state index in [2.05, 4.69) is 10.3 Å². The van der Waals surface area contributed by atoms with Crippen molar-refractivity contribution in [3.05, 3.63) is 29.6 Å². The number of aromatic carboxylic acids is 1. The Hall–Kier alpha value is -1.91. The Morgan fingerprint density at radius 3 is 2.78 bits per heavy atom. The lowest BCUT2D eigenvalue weighted by Crippen LogP contribution is -2.29. The summed E-state index contributed by atoms with van der Waals surface area (Å²) >= 11 is 0. The molecule has 5 nitrogen and oxygen atoms in total. The normalized spacial score (nSPS) is 15.6. The Morgan fingerprint density at radius 2 is 2.11 bits per heavy atom. The van der Waals surface area contributed by atoms with Gasteiger partial charge in [0.25, 0.3) is 5.91 Å². The van der Waals surface area contributed by atoms with Crippen LogP contribution < -0.4 is 5.32 Å². The molecule has 0 unspecified atom stereocenters. The van der Waals surface area contributed by atoms with Gasteiger partial charge < -0.3 is 10.4 Å². The minimum absolute atomic E-state index is 0.0796. The fraction of sp³-hybridized carbons (Fsp3) is 0.462. The molecule has 1 aromatic rings. The van der Waals surface area contributed by atoms with Crippen molar-refractivity contribution in [3.63, 3.8) is 0 Å². The SMILES string of the molecule is O=C(O)c1ccnc(C(=O)NCC2CCCC2)c1. The number of carbonyl (C=O) groups is 2. The predicted molar refractivity (Wildman–Crippen MR) is 65.5 cm³/mol. The van der Waals surface area contributed by atoms with Crippen LogP contribution in [0.25, 0.3) is 0 Å². The third-order valence-corrected chi connectivity index (χ3v) is 3.27. The average molecular weight is 248 g/mol. The van der Waals surface area contributed by atoms with Crippen molar-refractivity contribution in [2.24, 2.45) is 5.92 Å². The molecule has 0 aliphatic heterocycles. The second-order valence-corrected chi connectivity index (χ2v) is 4.60. The van der Waals surface area contributed by atoms with E-state index < -0.39 is 5.97 Å². The van der Waals surface area contributed by atoms with E-state index in [1.54, 1.807) is 0 Å². The van der Waals surface area contributed by atoms with Gasteiger partial charge in [-0.15, -0.1) is 0 Å². The first-order valence-corrected chi connectivity index (χ1v) is 6.14. The first kappa shape index (κ1) is 12.5. The van der Waals surface area contributed by atoms with Gasteiger partial charge in [0, 0.05) is 12.7 Å². The minimum Gasteiger partial charge on any atom is -0.478 e. The lowest BCUT2D eigenvalue weighted by molar-refractivity contribution is 0.0696. The van der Waals surface area contributed by atoms with E-state index in [0.717, 1.165) is 12.8 Å². The van der Waals surface area contributed by atoms with Crippen LogP contribution in [-0.2, 0) is 0 Å². The van der Waals surface area contributed by atoms with Crippen LogP contribution in [0, 0.1) is 5.92 Å². The molecular weight excluding hydrogens is 232 g/mol. The second kappa shape index (κ2) is 5.62. The number of hydrogen-bond acceptors (Lipinski definition) is 3. The number of hydrogen-bond donors (Lipinski definition) is 2. The van der Waals surface area contributed by atoms with Gasteiger partial charge in [0.15, 0.2) is 0 Å². The molecule has 5 heteroatoms. The van der Waals surface area contributed by atoms with E-state index in [0.29, 0.717) is 12.5 Å². The standard InChI is InChI=1S/C13H16N2O3/c16-12(15-8-9-3-1-2-4-9)11-7-10(13(17)18)5-6-14-11/h5-7,9H,1-4,8H2,(H,15,16)(H,17,18). The third kappa shape index (κ3) is 3.06. The van der Waals surface area contributed by atoms with Crippen LogP contribution in [0.5, 0.6) is 0 Å². The highest BCUT2D eigenvalue weighted by Crippen LogP contribution is 2.23. The maximum absolute atomic E-state index is 11.8. The molecular formula is C13H16N2O3. The molecule has 1 saturated carbocycles. The molecule has 96 valence electrons. The zero-order chi connectivity index (χ0) is 13.0. The summed E-state index contributed by atoms with van der Waals surface area (Å²) in [6.45, 7) is 0.651. The van der Waals surface area contributed by atoms with Gasteiger partial charge in [-0.2, -0.15) is 0 Å². The summed E-state index contributed by atoms with van der Waals surface area (Å²) in [6, 6.07) is 2.67. The van der Waals surface area contributed by atoms with Crippen LogP contribution in [0.1, 0.15) is 46.5 Å². The van der Waals surface area contributed by atoms with Gasteiger partial charge in [-0.1, -0.05) is 12.8 Å². The van der Waals surface area contributed by atoms with E-state index in [4.69, 9.17) is 5.11 Å². The molecule has 1 aliphatic carbocycles. The molecule has 2 rings (SSSR count). The van der Waals surface area contributed by atoms with Gasteiger partial charge in [-0.25, -0.2) is 4.79 Å². The van der Waals surface area contributed by atoms with Crippen LogP contribution in [-0.4, -0.2) is 28.5 Å². The molecule has 18 heavy (non-hydrogen) atoms. The molecule has 1 fully saturated rings. The van der Waals surface area contributed by atoms with Crippen molar-refractivity contribution in [2.45, 2.75) is 25.7 Å². The van der Waals surface area contributed by atoms with Crippen LogP contribution >= 0.6 is 0 Å². The summed E-state index contributed by atoms with van der Waals surface area (Å²) in [5.41, 5.74) is 0.240. The van der Waals surface area contributed by atoms with Crippen molar-refractivity contribution < 1.29 is 14.7 Å². The van der Waals surface area contributed by atoms with Crippen LogP contribution in [0.4, 0.5) is 0 Å². The summed E-state index contributed by atoms with van der Waals surface area (Å²) < 4.78 is 0. The molecule has 1 aromatic heterocycles. The lowest BCUT2D eigenvalue weighted by atomic mass is 10.1. The number of carboxylic acids is 1. The quantitative estimate of drug-likeness (QED) is 0.850. The zero-order valence-corrected chi connectivity index (χ0v) is 10.1. The zero-order valence-electron chi connectivity index (χ0n) is 10.1. The highest BCUT2D eigenvalue weighted by Gasteiger charge is 2.17. The van der Waals surface area contributed by atoms with Crippen LogP contribution in [0.15, 0.2) is 18.3 Å². The molecule has 1 aliphatic rings. The second-order valence-electron chi connectivity index (χ2n) is 4.60. The topological polar surface area (TPSA) is 79.3 Å². The van der Waals surface area contributed by atoms with Crippen LogP contribution in [0.3, 0.4) is 0 Å². The van der Waals surface area contributed by atoms with Crippen molar-refractivity contribution in [3.8, 4) is 0 Å². The summed E-state index contributed by atoms with van der Waals surface area (Å²) in [6.07, 6.45) is 6.11. The van der Waals surface area contributed by atoms with E-state index in [1.165, 1.54) is 31.2 Å². The number of rotatable bonds is 4. The third-order valence-electron chi connectivity index (χ3n) is 3.27. The Bertz CT molecular complexity index is 453. The Kier molecular flexibility index (Phi) is 3.92. The largest absolute Gasteiger partial charge is 0.478 e. The number of aromatic nitrogens is 1. The first-order valence-electron chi connectivity index (χ1n) is 6.14. The number of pyridine rings is 1. The molecule has 0 saturated heterocycles. The van der Waals surface area contributed by atoms with Gasteiger partial charge in [0.1, 0.15) is 5.69 Å². The fourth-order valence-electron chi connectivity index (χ4n) is 2.23. The van der Waals surface area contributed by atoms with E-state index in [1.807, 2.05) is 0 Å². The molecule has 0 atom stereocenters. The van der Waals surface area contributed by atoms with Crippen molar-refractivity contribution in [2.75, 3.05) is 6.54 Å². The Morgan fingerprint density at radius 1 is 1.39 bits per heavy atom. The van der Waals surface area contributed by atoms with Gasteiger partial charge in [0.05, 0.1) is 5.56 Å². The molecule has 0 bridgehead atoms. The number of carboxylic acid groups (broad SMARTS) is 1. The Labute approximate surface area is 105 Å². The number of nitrogens with one attached hydrogen (secondary N) is 1. The van der Waals surface area contributed by atoms with Crippen molar-refractivity contribution >= 4 is 11.9 Å². The highest BCUT2D eigenvalue weighted by molar-refractivity contribution is 5.95. The summed E-state index contributed by atoms with van der Waals surface area (Å²) in [4.78, 5) is 26.5. The molecule has 1 heterocycles. The molecule has 0 aromatic carbocycles. The van der Waals surface area contributed by atoms with Gasteiger partial charge in [-0.05, 0) is 30.9 Å². The molecule has 0 radical (unpaired) electrons. The van der Waals surface area contributed by atoms with E-state index in [-0.39, 0.29) is 17.2 Å². The summed E-state index contributed by atoms with van der Waals surface area (Å²) in [5, 5.41) is 11.6. The van der Waals surface area contributed by atoms with Crippen molar-refractivity contribution in [1.82, 2.24) is 10.3 Å². The summed E-state index contributed by atoms with van der Waals surface area (Å²) in [5.74, 6) is -0.802. The smallest absolute Gasteiger partial charge is 0.335 e. The summed E-state index contributed by atoms with van der Waals surface area (Å²) in [7, 11) is 0. The average Bonchev–Trinajstić information content (AvgIpc) is 2.89. The molecule has 2 N–H and O–H groups in total. The number of nitrogens with zero attached hydrogens (tertiary/aromatic N) is 1. The van der Waals surface area contributed by atoms with Gasteiger partial charge >= 0.3 is 5.97 Å². The lowest BCUT2D eigenvalue weighted by Gasteiger charge is -2.10. The van der Waals surface area contributed by atoms with Gasteiger partial charge in [-0.3, -0.25) is 9.78 Å². The van der Waals surface area contributed by atoms with E-state index >= 15 is 0 Å². The predicted octanol–water partition coefficient (Wildman–Crippen LogP) is 1.70. The molecule has 1 amide bonds. The van der Waals surface area contributed by atoms with Crippen molar-refractivity contribution in [1.29, 1.82) is 0 Å². The maximum Gasteiger partial charge on any atom is 0.335 e. The number of carbonyl (C=O) groups excluding carboxylic acids is 1. The van der Waals surface area contributed by atoms with Gasteiger partial charge in [0.2, 0.25) is 0 Å². The minimum atomic E-state index is -1.05. The first-order chi connectivity index (χ1) is 8.66.